The molecule has 2 bridgehead atoms. The lowest BCUT2D eigenvalue weighted by molar-refractivity contribution is -0.137. The van der Waals surface area contributed by atoms with Gasteiger partial charge in [-0.15, -0.1) is 0 Å². The lowest BCUT2D eigenvalue weighted by Gasteiger charge is -2.11. The third-order valence-electron chi connectivity index (χ3n) is 2.75. The summed E-state index contributed by atoms with van der Waals surface area (Å²) in [4.78, 5) is 10.5. The standard InChI is InChI=1S/C8H4ClF3O.C7H6O/c9-7(13)5-2-1-3-6(4-5)8(10,11)12;1-3-7-4-2-6(1)5-8-7/h1-4H;1-4H,5H2. The Kier molecular flexibility index (Phi) is 4.53. The van der Waals surface area contributed by atoms with Crippen LogP contribution in [-0.4, -0.2) is 5.24 Å². The van der Waals surface area contributed by atoms with Gasteiger partial charge in [0.1, 0.15) is 12.4 Å². The molecule has 2 aliphatic rings. The molecule has 0 amide bonds. The highest BCUT2D eigenvalue weighted by molar-refractivity contribution is 6.67. The predicted octanol–water partition coefficient (Wildman–Crippen LogP) is 4.66. The van der Waals surface area contributed by atoms with Crippen molar-refractivity contribution in [1.29, 1.82) is 0 Å². The molecule has 0 saturated carbocycles. The third-order valence-corrected chi connectivity index (χ3v) is 2.96. The molecule has 2 aromatic rings. The quantitative estimate of drug-likeness (QED) is 0.715. The van der Waals surface area contributed by atoms with Gasteiger partial charge >= 0.3 is 6.18 Å². The van der Waals surface area contributed by atoms with Gasteiger partial charge in [-0.2, -0.15) is 13.2 Å². The highest BCUT2D eigenvalue weighted by atomic mass is 35.5. The van der Waals surface area contributed by atoms with Crippen LogP contribution in [0.25, 0.3) is 0 Å². The van der Waals surface area contributed by atoms with E-state index in [9.17, 15) is 18.0 Å². The zero-order chi connectivity index (χ0) is 15.5. The van der Waals surface area contributed by atoms with E-state index in [0.29, 0.717) is 0 Å². The fourth-order valence-corrected chi connectivity index (χ4v) is 1.78. The fourth-order valence-electron chi connectivity index (χ4n) is 1.67. The van der Waals surface area contributed by atoms with Crippen molar-refractivity contribution >= 4 is 16.8 Å². The van der Waals surface area contributed by atoms with Gasteiger partial charge in [0.15, 0.2) is 0 Å². The van der Waals surface area contributed by atoms with Crippen LogP contribution in [-0.2, 0) is 12.8 Å². The van der Waals surface area contributed by atoms with Crippen LogP contribution in [0.1, 0.15) is 21.5 Å². The molecule has 6 heteroatoms. The Balaban J connectivity index is 0.000000170. The van der Waals surface area contributed by atoms with E-state index >= 15 is 0 Å². The van der Waals surface area contributed by atoms with E-state index in [1.54, 1.807) is 0 Å². The smallest absolute Gasteiger partial charge is 0.416 e. The SMILES string of the molecule is O=C(Cl)c1cccc(C(F)(F)F)c1.c1cc2ccc1CO2. The van der Waals surface area contributed by atoms with Crippen LogP contribution in [0.5, 0.6) is 5.75 Å². The van der Waals surface area contributed by atoms with Crippen molar-refractivity contribution in [1.82, 2.24) is 0 Å². The van der Waals surface area contributed by atoms with E-state index in [1.165, 1.54) is 11.6 Å². The van der Waals surface area contributed by atoms with Crippen molar-refractivity contribution in [3.63, 3.8) is 0 Å². The summed E-state index contributed by atoms with van der Waals surface area (Å²) in [5, 5.41) is -0.897. The van der Waals surface area contributed by atoms with Crippen molar-refractivity contribution in [2.24, 2.45) is 0 Å². The number of hydrogen-bond acceptors (Lipinski definition) is 2. The van der Waals surface area contributed by atoms with E-state index < -0.39 is 17.0 Å². The summed E-state index contributed by atoms with van der Waals surface area (Å²) < 4.78 is 41.4. The molecule has 0 aromatic heterocycles. The Hall–Kier alpha value is -2.01. The normalized spacial score (nSPS) is 12.2. The summed E-state index contributed by atoms with van der Waals surface area (Å²) in [6.45, 7) is 0.766. The summed E-state index contributed by atoms with van der Waals surface area (Å²) in [6.07, 6.45) is -4.44. The topological polar surface area (TPSA) is 26.3 Å². The summed E-state index contributed by atoms with van der Waals surface area (Å²) in [5.41, 5.74) is 0.232. The highest BCUT2D eigenvalue weighted by Crippen LogP contribution is 2.29. The second-order valence-electron chi connectivity index (χ2n) is 4.28. The molecule has 21 heavy (non-hydrogen) atoms. The van der Waals surface area contributed by atoms with Crippen LogP contribution in [0.2, 0.25) is 0 Å². The minimum Gasteiger partial charge on any atom is -0.489 e. The molecule has 4 rings (SSSR count). The van der Waals surface area contributed by atoms with Crippen molar-refractivity contribution in [3.05, 3.63) is 65.2 Å². The molecule has 110 valence electrons. The Bertz CT molecular complexity index is 613. The fraction of sp³-hybridized carbons (Fsp3) is 0.133. The average Bonchev–Trinajstić information content (AvgIpc) is 2.49. The third kappa shape index (κ3) is 4.23. The lowest BCUT2D eigenvalue weighted by Crippen LogP contribution is -2.05. The number of fused-ring (bicyclic) bond motifs is 3. The number of benzene rings is 2. The van der Waals surface area contributed by atoms with Crippen molar-refractivity contribution in [2.75, 3.05) is 0 Å². The zero-order valence-corrected chi connectivity index (χ0v) is 11.4. The van der Waals surface area contributed by atoms with Gasteiger partial charge in [-0.05, 0) is 41.4 Å². The zero-order valence-electron chi connectivity index (χ0n) is 10.7. The number of alkyl halides is 3. The van der Waals surface area contributed by atoms with Crippen molar-refractivity contribution in [2.45, 2.75) is 12.8 Å². The molecule has 0 radical (unpaired) electrons. The first-order valence-corrected chi connectivity index (χ1v) is 6.33. The number of ether oxygens (including phenoxy) is 1. The number of carbonyl (C=O) groups is 1. The first-order chi connectivity index (χ1) is 9.86. The maximum Gasteiger partial charge on any atom is 0.416 e. The van der Waals surface area contributed by atoms with Crippen LogP contribution < -0.4 is 4.74 Å². The molecule has 0 fully saturated rings. The number of carbonyl (C=O) groups excluding carboxylic acids is 1. The minimum atomic E-state index is -4.44. The first kappa shape index (κ1) is 15.4. The molecular weight excluding hydrogens is 305 g/mol. The number of halogens is 4. The van der Waals surface area contributed by atoms with E-state index in [-0.39, 0.29) is 5.56 Å². The van der Waals surface area contributed by atoms with Gasteiger partial charge in [0.2, 0.25) is 0 Å². The van der Waals surface area contributed by atoms with Gasteiger partial charge in [-0.3, -0.25) is 4.79 Å². The second kappa shape index (κ2) is 6.18. The molecule has 2 heterocycles. The largest absolute Gasteiger partial charge is 0.489 e. The number of rotatable bonds is 1. The lowest BCUT2D eigenvalue weighted by atomic mass is 10.1. The molecule has 2 aliphatic heterocycles. The molecule has 2 nitrogen and oxygen atoms in total. The maximum absolute atomic E-state index is 12.1. The maximum atomic E-state index is 12.1. The molecule has 0 aliphatic carbocycles. The molecule has 0 N–H and O–H groups in total. The Morgan fingerprint density at radius 2 is 1.76 bits per heavy atom. The van der Waals surface area contributed by atoms with Gasteiger partial charge < -0.3 is 4.74 Å². The second-order valence-corrected chi connectivity index (χ2v) is 4.63. The molecule has 0 spiro atoms. The van der Waals surface area contributed by atoms with Crippen molar-refractivity contribution < 1.29 is 22.7 Å². The van der Waals surface area contributed by atoms with Crippen LogP contribution in [0.4, 0.5) is 13.2 Å². The summed E-state index contributed by atoms with van der Waals surface area (Å²) in [6, 6.07) is 12.1. The Morgan fingerprint density at radius 1 is 1.10 bits per heavy atom. The van der Waals surface area contributed by atoms with Crippen molar-refractivity contribution in [3.8, 4) is 5.75 Å². The summed E-state index contributed by atoms with van der Waals surface area (Å²) in [7, 11) is 0. The Morgan fingerprint density at radius 3 is 2.10 bits per heavy atom. The van der Waals surface area contributed by atoms with Gasteiger partial charge in [0.25, 0.3) is 5.24 Å². The molecule has 2 aromatic carbocycles. The molecule has 0 atom stereocenters. The van der Waals surface area contributed by atoms with E-state index in [0.717, 1.165) is 30.6 Å². The van der Waals surface area contributed by atoms with Gasteiger partial charge in [-0.1, -0.05) is 24.3 Å². The van der Waals surface area contributed by atoms with Crippen LogP contribution >= 0.6 is 11.6 Å². The Labute approximate surface area is 124 Å². The van der Waals surface area contributed by atoms with Crippen LogP contribution in [0.15, 0.2) is 48.5 Å². The summed E-state index contributed by atoms with van der Waals surface area (Å²) >= 11 is 5.02. The highest BCUT2D eigenvalue weighted by Gasteiger charge is 2.30. The predicted molar refractivity (Wildman–Crippen MR) is 72.4 cm³/mol. The first-order valence-electron chi connectivity index (χ1n) is 5.95. The molecular formula is C15H10ClF3O2. The average molecular weight is 315 g/mol. The van der Waals surface area contributed by atoms with Crippen LogP contribution in [0.3, 0.4) is 0 Å². The summed E-state index contributed by atoms with van der Waals surface area (Å²) in [5.74, 6) is 0.986. The van der Waals surface area contributed by atoms with E-state index in [2.05, 4.69) is 12.1 Å². The van der Waals surface area contributed by atoms with E-state index in [4.69, 9.17) is 16.3 Å². The van der Waals surface area contributed by atoms with E-state index in [1.807, 2.05) is 12.1 Å². The monoisotopic (exact) mass is 314 g/mol. The van der Waals surface area contributed by atoms with Crippen LogP contribution in [0, 0.1) is 0 Å². The minimum absolute atomic E-state index is 0.156. The molecule has 0 saturated heterocycles. The number of hydrogen-bond donors (Lipinski definition) is 0. The van der Waals surface area contributed by atoms with Gasteiger partial charge in [0, 0.05) is 5.56 Å². The molecule has 0 unspecified atom stereocenters. The van der Waals surface area contributed by atoms with Gasteiger partial charge in [0.05, 0.1) is 5.56 Å². The van der Waals surface area contributed by atoms with Gasteiger partial charge in [-0.25, -0.2) is 0 Å².